The van der Waals surface area contributed by atoms with Gasteiger partial charge >= 0.3 is 11.7 Å². The Balaban J connectivity index is 2.19. The summed E-state index contributed by atoms with van der Waals surface area (Å²) >= 11 is 0. The van der Waals surface area contributed by atoms with Crippen LogP contribution in [0.1, 0.15) is 43.0 Å². The van der Waals surface area contributed by atoms with Crippen LogP contribution in [-0.2, 0) is 14.6 Å². The maximum Gasteiger partial charge on any atom is 0.341 e. The third-order valence-corrected chi connectivity index (χ3v) is 5.98. The van der Waals surface area contributed by atoms with Crippen molar-refractivity contribution in [2.75, 3.05) is 0 Å². The molecule has 0 spiro atoms. The lowest BCUT2D eigenvalue weighted by Crippen LogP contribution is -2.55. The molecular weight excluding hydrogens is 356 g/mol. The van der Waals surface area contributed by atoms with Gasteiger partial charge in [0.25, 0.3) is 5.91 Å². The number of benzene rings is 1. The van der Waals surface area contributed by atoms with Crippen LogP contribution in [0.3, 0.4) is 0 Å². The van der Waals surface area contributed by atoms with Crippen molar-refractivity contribution >= 4 is 21.7 Å². The van der Waals surface area contributed by atoms with E-state index in [1.54, 1.807) is 6.92 Å². The quantitative estimate of drug-likeness (QED) is 0.823. The van der Waals surface area contributed by atoms with E-state index in [0.29, 0.717) is 12.8 Å². The molecule has 138 valence electrons. The zero-order valence-electron chi connectivity index (χ0n) is 13.5. The van der Waals surface area contributed by atoms with Crippen LogP contribution >= 0.6 is 0 Å². The average Bonchev–Trinajstić information content (AvgIpc) is 2.54. The summed E-state index contributed by atoms with van der Waals surface area (Å²) in [6.45, 7) is 1.67. The molecule has 0 aliphatic heterocycles. The summed E-state index contributed by atoms with van der Waals surface area (Å²) in [6, 6.07) is 4.14. The fraction of sp³-hybridized carbons (Fsp3) is 0.500. The number of hydrogen-bond donors (Lipinski definition) is 2. The van der Waals surface area contributed by atoms with E-state index >= 15 is 0 Å². The van der Waals surface area contributed by atoms with Gasteiger partial charge in [0.1, 0.15) is 0 Å². The van der Waals surface area contributed by atoms with Crippen LogP contribution < -0.4 is 5.32 Å². The summed E-state index contributed by atoms with van der Waals surface area (Å²) in [7, 11) is -4.72. The van der Waals surface area contributed by atoms with Crippen molar-refractivity contribution in [1.29, 1.82) is 0 Å². The fourth-order valence-corrected chi connectivity index (χ4v) is 3.83. The third-order valence-electron chi connectivity index (χ3n) is 4.58. The first kappa shape index (κ1) is 19.3. The number of rotatable bonds is 5. The number of carboxylic acids is 1. The van der Waals surface area contributed by atoms with Gasteiger partial charge in [0.2, 0.25) is 9.84 Å². The summed E-state index contributed by atoms with van der Waals surface area (Å²) in [5.74, 6) is -5.81. The van der Waals surface area contributed by atoms with Crippen LogP contribution in [-0.4, -0.2) is 36.7 Å². The van der Waals surface area contributed by atoms with Crippen molar-refractivity contribution in [3.63, 3.8) is 0 Å². The average molecular weight is 375 g/mol. The van der Waals surface area contributed by atoms with Crippen LogP contribution in [0.25, 0.3) is 0 Å². The lowest BCUT2D eigenvalue weighted by Gasteiger charge is -2.39. The minimum Gasteiger partial charge on any atom is -0.481 e. The van der Waals surface area contributed by atoms with E-state index in [1.807, 2.05) is 0 Å². The molecule has 0 radical (unpaired) electrons. The number of aliphatic carboxylic acids is 1. The van der Waals surface area contributed by atoms with Crippen LogP contribution in [0.5, 0.6) is 0 Å². The van der Waals surface area contributed by atoms with Gasteiger partial charge in [-0.1, -0.05) is 12.8 Å². The second-order valence-electron chi connectivity index (χ2n) is 6.34. The molecule has 1 aromatic carbocycles. The largest absolute Gasteiger partial charge is 0.481 e. The Morgan fingerprint density at radius 2 is 1.84 bits per heavy atom. The molecule has 2 rings (SSSR count). The van der Waals surface area contributed by atoms with Crippen LogP contribution in [0.2, 0.25) is 0 Å². The smallest absolute Gasteiger partial charge is 0.341 e. The second-order valence-corrected chi connectivity index (χ2v) is 8.26. The Hall–Kier alpha value is -2.03. The summed E-state index contributed by atoms with van der Waals surface area (Å²) < 4.78 is 47.8. The molecule has 1 aromatic rings. The van der Waals surface area contributed by atoms with Crippen LogP contribution in [0.15, 0.2) is 29.2 Å². The lowest BCUT2D eigenvalue weighted by molar-refractivity contribution is -0.145. The lowest BCUT2D eigenvalue weighted by atomic mass is 9.73. The minimum absolute atomic E-state index is 0.0733. The zero-order chi connectivity index (χ0) is 18.8. The number of carbonyl (C=O) groups excluding carboxylic acids is 1. The number of halogens is 2. The van der Waals surface area contributed by atoms with E-state index in [0.717, 1.165) is 37.1 Å². The molecule has 0 bridgehead atoms. The first-order chi connectivity index (χ1) is 11.6. The molecule has 1 saturated carbocycles. The number of amides is 1. The Morgan fingerprint density at radius 1 is 1.24 bits per heavy atom. The van der Waals surface area contributed by atoms with Gasteiger partial charge in [-0.15, -0.1) is 0 Å². The number of nitrogens with one attached hydrogen (secondary N) is 1. The third kappa shape index (κ3) is 3.97. The topological polar surface area (TPSA) is 101 Å². The molecular formula is C16H19F2NO5S. The molecule has 9 heteroatoms. The maximum absolute atomic E-state index is 12.5. The molecule has 1 fully saturated rings. The van der Waals surface area contributed by atoms with Gasteiger partial charge in [-0.3, -0.25) is 9.59 Å². The Morgan fingerprint density at radius 3 is 2.36 bits per heavy atom. The highest BCUT2D eigenvalue weighted by Gasteiger charge is 2.42. The highest BCUT2D eigenvalue weighted by molar-refractivity contribution is 7.91. The molecule has 0 heterocycles. The van der Waals surface area contributed by atoms with E-state index in [1.165, 1.54) is 0 Å². The molecule has 0 saturated heterocycles. The molecule has 2 N–H and O–H groups in total. The highest BCUT2D eigenvalue weighted by Crippen LogP contribution is 2.34. The summed E-state index contributed by atoms with van der Waals surface area (Å²) in [6.07, 6.45) is 2.51. The Kier molecular flexibility index (Phi) is 5.46. The van der Waals surface area contributed by atoms with Gasteiger partial charge < -0.3 is 10.4 Å². The predicted molar refractivity (Wildman–Crippen MR) is 85.1 cm³/mol. The minimum atomic E-state index is -4.72. The normalized spacial score (nSPS) is 24.1. The number of hydrogen-bond acceptors (Lipinski definition) is 4. The Bertz CT molecular complexity index is 763. The Labute approximate surface area is 144 Å². The molecule has 0 aromatic heterocycles. The van der Waals surface area contributed by atoms with Gasteiger partial charge in [0.15, 0.2) is 0 Å². The van der Waals surface area contributed by atoms with Crippen molar-refractivity contribution in [3.8, 4) is 0 Å². The van der Waals surface area contributed by atoms with E-state index in [9.17, 15) is 31.9 Å². The van der Waals surface area contributed by atoms with E-state index < -0.39 is 43.8 Å². The molecule has 6 nitrogen and oxygen atoms in total. The van der Waals surface area contributed by atoms with E-state index in [2.05, 4.69) is 5.32 Å². The van der Waals surface area contributed by atoms with Crippen molar-refractivity contribution in [1.82, 2.24) is 5.32 Å². The standard InChI is InChI=1S/C16H19F2NO5S/c1-16(9-3-2-4-12(16)14(21)22)19-13(20)10-5-7-11(8-6-10)25(23,24)15(17)18/h5-8,12,15H,2-4,9H2,1H3,(H,19,20)(H,21,22). The van der Waals surface area contributed by atoms with Crippen molar-refractivity contribution in [2.45, 2.75) is 48.8 Å². The maximum atomic E-state index is 12.5. The van der Waals surface area contributed by atoms with Gasteiger partial charge in [0, 0.05) is 5.56 Å². The number of alkyl halides is 2. The van der Waals surface area contributed by atoms with Gasteiger partial charge in [-0.25, -0.2) is 8.42 Å². The molecule has 1 aliphatic rings. The fourth-order valence-electron chi connectivity index (χ4n) is 3.11. The number of carbonyl (C=O) groups is 2. The van der Waals surface area contributed by atoms with Crippen molar-refractivity contribution < 1.29 is 31.9 Å². The monoisotopic (exact) mass is 375 g/mol. The highest BCUT2D eigenvalue weighted by atomic mass is 32.2. The SMILES string of the molecule is CC1(NC(=O)c2ccc(S(=O)(=O)C(F)F)cc2)CCCCC1C(=O)O. The molecule has 1 aliphatic carbocycles. The first-order valence-corrected chi connectivity index (χ1v) is 9.30. The summed E-state index contributed by atoms with van der Waals surface area (Å²) in [5, 5.41) is 12.1. The van der Waals surface area contributed by atoms with Gasteiger partial charge in [-0.2, -0.15) is 8.78 Å². The van der Waals surface area contributed by atoms with Crippen LogP contribution in [0.4, 0.5) is 8.78 Å². The van der Waals surface area contributed by atoms with Crippen LogP contribution in [0, 0.1) is 5.92 Å². The van der Waals surface area contributed by atoms with E-state index in [-0.39, 0.29) is 5.56 Å². The molecule has 1 amide bonds. The van der Waals surface area contributed by atoms with Crippen molar-refractivity contribution in [2.24, 2.45) is 5.92 Å². The molecule has 2 unspecified atom stereocenters. The zero-order valence-corrected chi connectivity index (χ0v) is 14.4. The molecule has 25 heavy (non-hydrogen) atoms. The predicted octanol–water partition coefficient (Wildman–Crippen LogP) is 2.45. The summed E-state index contributed by atoms with van der Waals surface area (Å²) in [5.41, 5.74) is -0.848. The molecule has 2 atom stereocenters. The van der Waals surface area contributed by atoms with Gasteiger partial charge in [0.05, 0.1) is 16.4 Å². The first-order valence-electron chi connectivity index (χ1n) is 7.75. The number of carboxylic acid groups (broad SMARTS) is 1. The van der Waals surface area contributed by atoms with Gasteiger partial charge in [-0.05, 0) is 44.0 Å². The van der Waals surface area contributed by atoms with Crippen molar-refractivity contribution in [3.05, 3.63) is 29.8 Å². The summed E-state index contributed by atoms with van der Waals surface area (Å²) in [4.78, 5) is 23.2. The number of sulfone groups is 1. The second kappa shape index (κ2) is 7.07. The van der Waals surface area contributed by atoms with E-state index in [4.69, 9.17) is 0 Å².